The van der Waals surface area contributed by atoms with Crippen molar-refractivity contribution in [2.75, 3.05) is 113 Å². The third-order valence-electron chi connectivity index (χ3n) is 13.7. The van der Waals surface area contributed by atoms with Crippen molar-refractivity contribution >= 4 is 49.1 Å². The first-order valence-electron chi connectivity index (χ1n) is 30.3. The van der Waals surface area contributed by atoms with Gasteiger partial charge in [0.2, 0.25) is 0 Å². The molecule has 0 N–H and O–H groups in total. The second-order valence-electron chi connectivity index (χ2n) is 20.5. The van der Waals surface area contributed by atoms with Gasteiger partial charge in [-0.15, -0.1) is 11.3 Å². The van der Waals surface area contributed by atoms with Crippen molar-refractivity contribution in [1.29, 1.82) is 0 Å². The van der Waals surface area contributed by atoms with E-state index >= 15 is 0 Å². The number of halogens is 1. The van der Waals surface area contributed by atoms with Gasteiger partial charge in [0.05, 0.1) is 29.5 Å². The second kappa shape index (κ2) is 51.7. The topological polar surface area (TPSA) is 114 Å². The number of rotatable bonds is 58. The summed E-state index contributed by atoms with van der Waals surface area (Å²) in [6.45, 7) is 19.9. The van der Waals surface area contributed by atoms with Gasteiger partial charge in [-0.25, -0.2) is 0 Å². The minimum Gasteiger partial charge on any atom is -0.496 e. The Morgan fingerprint density at radius 2 is 0.800 bits per heavy atom. The average Bonchev–Trinajstić information content (AvgIpc) is 3.83. The number of fused-ring (bicyclic) bond motifs is 1. The van der Waals surface area contributed by atoms with Gasteiger partial charge in [0.15, 0.2) is 5.78 Å². The van der Waals surface area contributed by atoms with Crippen LogP contribution in [0.5, 0.6) is 5.75 Å². The number of carbonyl (C=O) groups excluding carboxylic acids is 2. The number of benzene rings is 1. The minimum absolute atomic E-state index is 0.0343. The van der Waals surface area contributed by atoms with E-state index in [1.54, 1.807) is 7.11 Å². The van der Waals surface area contributed by atoms with Crippen LogP contribution in [0.2, 0.25) is 0 Å². The maximum absolute atomic E-state index is 12.9. The van der Waals surface area contributed by atoms with E-state index < -0.39 is 0 Å². The number of methoxy groups -OCH3 is 1. The fourth-order valence-electron chi connectivity index (χ4n) is 9.01. The predicted molar refractivity (Wildman–Crippen MR) is 315 cm³/mol. The van der Waals surface area contributed by atoms with E-state index in [1.165, 1.54) is 133 Å². The molecular weight excluding hydrogens is 1030 g/mol. The number of ether oxygens (including phenoxy) is 8. The van der Waals surface area contributed by atoms with Gasteiger partial charge in [0.25, 0.3) is 0 Å². The van der Waals surface area contributed by atoms with Gasteiger partial charge < -0.3 is 47.7 Å². The molecule has 0 amide bonds. The van der Waals surface area contributed by atoms with E-state index in [-0.39, 0.29) is 24.6 Å². The molecule has 1 heterocycles. The first-order chi connectivity index (χ1) is 36.9. The lowest BCUT2D eigenvalue weighted by Gasteiger charge is -2.26. The molecule has 0 aliphatic heterocycles. The molecule has 0 radical (unpaired) electrons. The quantitative estimate of drug-likeness (QED) is 0.0272. The molecule has 2 rings (SSSR count). The third kappa shape index (κ3) is 40.2. The Morgan fingerprint density at radius 1 is 0.440 bits per heavy atom. The van der Waals surface area contributed by atoms with Crippen molar-refractivity contribution < 1.29 is 47.5 Å². The van der Waals surface area contributed by atoms with E-state index in [0.29, 0.717) is 31.9 Å². The smallest absolute Gasteiger partial charge is 0.306 e. The second-order valence-corrected chi connectivity index (χ2v) is 22.4. The standard InChI is InChI=1S/C61H109BrN2O10S/c1-5-8-11-26-42-68-52-71-45-29-18-14-22-36-63(37-23-15-19-30-46-72-53-69-43-27-12-9-6-2)40-33-41-64(38-24-16-20-31-47-73-54-70-44-28-13-10-7-3)39-25-17-21-32-48-74-61(66)35-34-57(65)60-50-55-49-58(67-4)56(62)51-59(55)75-60/h49-51H,5-48,52-54H2,1-4H3. The predicted octanol–water partition coefficient (Wildman–Crippen LogP) is 16.1. The first-order valence-corrected chi connectivity index (χ1v) is 31.9. The van der Waals surface area contributed by atoms with Crippen LogP contribution in [-0.4, -0.2) is 135 Å². The molecule has 2 aromatic rings. The summed E-state index contributed by atoms with van der Waals surface area (Å²) >= 11 is 4.96. The fraction of sp³-hybridized carbons (Fsp3) is 0.836. The van der Waals surface area contributed by atoms with Gasteiger partial charge in [0, 0.05) is 50.8 Å². The van der Waals surface area contributed by atoms with Crippen LogP contribution in [0.4, 0.5) is 0 Å². The molecule has 436 valence electrons. The summed E-state index contributed by atoms with van der Waals surface area (Å²) in [5.41, 5.74) is 0. The number of unbranched alkanes of at least 4 members (excludes halogenated alkanes) is 21. The molecule has 0 unspecified atom stereocenters. The molecule has 0 spiro atoms. The summed E-state index contributed by atoms with van der Waals surface area (Å²) in [6.07, 6.45) is 34.4. The van der Waals surface area contributed by atoms with Crippen LogP contribution in [-0.2, 0) is 38.0 Å². The summed E-state index contributed by atoms with van der Waals surface area (Å²) in [5, 5.41) is 0.959. The highest BCUT2D eigenvalue weighted by atomic mass is 79.9. The summed E-state index contributed by atoms with van der Waals surface area (Å²) < 4.78 is 47.1. The molecule has 0 aliphatic carbocycles. The lowest BCUT2D eigenvalue weighted by molar-refractivity contribution is -0.143. The normalized spacial score (nSPS) is 11.8. The lowest BCUT2D eigenvalue weighted by atomic mass is 10.1. The van der Waals surface area contributed by atoms with Crippen LogP contribution in [0.3, 0.4) is 0 Å². The summed E-state index contributed by atoms with van der Waals surface area (Å²) in [4.78, 5) is 31.6. The number of ketones is 1. The van der Waals surface area contributed by atoms with Gasteiger partial charge in [-0.1, -0.05) is 130 Å². The molecular formula is C61H109BrN2O10S. The Balaban J connectivity index is 1.78. The molecule has 0 atom stereocenters. The number of esters is 1. The Kier molecular flexibility index (Phi) is 47.8. The highest BCUT2D eigenvalue weighted by molar-refractivity contribution is 9.10. The Labute approximate surface area is 470 Å². The Bertz CT molecular complexity index is 1570. The highest BCUT2D eigenvalue weighted by Gasteiger charge is 2.15. The zero-order valence-corrected chi connectivity index (χ0v) is 50.6. The molecule has 0 saturated heterocycles. The van der Waals surface area contributed by atoms with Crippen molar-refractivity contribution in [3.8, 4) is 5.75 Å². The van der Waals surface area contributed by atoms with Crippen LogP contribution in [0.25, 0.3) is 10.1 Å². The van der Waals surface area contributed by atoms with Crippen LogP contribution in [0.15, 0.2) is 22.7 Å². The lowest BCUT2D eigenvalue weighted by Crippen LogP contribution is -2.32. The van der Waals surface area contributed by atoms with E-state index in [2.05, 4.69) is 46.5 Å². The van der Waals surface area contributed by atoms with E-state index in [4.69, 9.17) is 37.9 Å². The molecule has 1 aromatic carbocycles. The number of nitrogens with zero attached hydrogens (tertiary/aromatic N) is 2. The Hall–Kier alpha value is -1.72. The van der Waals surface area contributed by atoms with E-state index in [0.717, 1.165) is 163 Å². The maximum Gasteiger partial charge on any atom is 0.306 e. The first kappa shape index (κ1) is 69.4. The minimum atomic E-state index is -0.301. The van der Waals surface area contributed by atoms with Crippen LogP contribution < -0.4 is 4.74 Å². The number of hydrogen-bond acceptors (Lipinski definition) is 13. The van der Waals surface area contributed by atoms with Crippen molar-refractivity contribution in [3.05, 3.63) is 27.5 Å². The molecule has 0 aliphatic rings. The van der Waals surface area contributed by atoms with Crippen molar-refractivity contribution in [3.63, 3.8) is 0 Å². The SMILES string of the molecule is CCCCCCOCOCCCCCCN(CCCCCCOCOCCCCCC)CCCN(CCCCCCOCOCCCCCC)CCCCCCOC(=O)CCC(=O)c1cc2cc(OC)c(Br)cc2s1. The Morgan fingerprint density at radius 3 is 1.19 bits per heavy atom. The molecule has 14 heteroatoms. The number of carbonyl (C=O) groups is 2. The summed E-state index contributed by atoms with van der Waals surface area (Å²) in [5.74, 6) is 0.392. The van der Waals surface area contributed by atoms with Crippen molar-refractivity contribution in [2.45, 2.75) is 220 Å². The van der Waals surface area contributed by atoms with E-state index in [1.807, 2.05) is 18.2 Å². The number of hydrogen-bond donors (Lipinski definition) is 0. The van der Waals surface area contributed by atoms with Gasteiger partial charge in [-0.05, 0) is 156 Å². The van der Waals surface area contributed by atoms with Crippen LogP contribution in [0, 0.1) is 0 Å². The maximum atomic E-state index is 12.9. The molecule has 1 aromatic heterocycles. The summed E-state index contributed by atoms with van der Waals surface area (Å²) in [7, 11) is 1.63. The zero-order valence-electron chi connectivity index (χ0n) is 48.2. The average molecular weight is 1140 g/mol. The van der Waals surface area contributed by atoms with Gasteiger partial charge >= 0.3 is 5.97 Å². The molecule has 12 nitrogen and oxygen atoms in total. The summed E-state index contributed by atoms with van der Waals surface area (Å²) in [6, 6.07) is 5.77. The number of Topliss-reactive ketones (excluding diaryl/α,β-unsaturated/α-hetero) is 1. The molecule has 75 heavy (non-hydrogen) atoms. The third-order valence-corrected chi connectivity index (χ3v) is 15.4. The molecule has 0 bridgehead atoms. The van der Waals surface area contributed by atoms with Gasteiger partial charge in [0.1, 0.15) is 26.1 Å². The van der Waals surface area contributed by atoms with Crippen LogP contribution in [0.1, 0.15) is 229 Å². The van der Waals surface area contributed by atoms with Gasteiger partial charge in [-0.3, -0.25) is 9.59 Å². The van der Waals surface area contributed by atoms with Crippen molar-refractivity contribution in [2.24, 2.45) is 0 Å². The zero-order chi connectivity index (χ0) is 53.9. The number of thiophene rings is 1. The monoisotopic (exact) mass is 1140 g/mol. The largest absolute Gasteiger partial charge is 0.496 e. The van der Waals surface area contributed by atoms with E-state index in [9.17, 15) is 9.59 Å². The highest BCUT2D eigenvalue weighted by Crippen LogP contribution is 2.35. The molecule has 0 fully saturated rings. The van der Waals surface area contributed by atoms with Gasteiger partial charge in [-0.2, -0.15) is 0 Å². The molecule has 0 saturated carbocycles. The van der Waals surface area contributed by atoms with Crippen molar-refractivity contribution in [1.82, 2.24) is 9.80 Å². The fourth-order valence-corrected chi connectivity index (χ4v) is 10.7. The van der Waals surface area contributed by atoms with Crippen LogP contribution >= 0.6 is 27.3 Å².